The van der Waals surface area contributed by atoms with Gasteiger partial charge in [-0.2, -0.15) is 0 Å². The van der Waals surface area contributed by atoms with Crippen LogP contribution >= 0.6 is 0 Å². The van der Waals surface area contributed by atoms with Crippen LogP contribution in [0.5, 0.6) is 0 Å². The van der Waals surface area contributed by atoms with Gasteiger partial charge < -0.3 is 0 Å². The zero-order valence-electron chi connectivity index (χ0n) is 11.8. The Morgan fingerprint density at radius 1 is 0.882 bits per heavy atom. The summed E-state index contributed by atoms with van der Waals surface area (Å²) in [5.41, 5.74) is 2.68. The lowest BCUT2D eigenvalue weighted by atomic mass is 9.98. The fraction of sp³-hybridized carbons (Fsp3) is 0.250. The largest absolute Gasteiger partial charge is 0.112 e. The molecule has 0 spiro atoms. The van der Waals surface area contributed by atoms with E-state index in [4.69, 9.17) is 7.85 Å². The summed E-state index contributed by atoms with van der Waals surface area (Å²) in [6.07, 6.45) is 8.97. The quantitative estimate of drug-likeness (QED) is 0.462. The molecule has 0 rings (SSSR count). The van der Waals surface area contributed by atoms with Crippen molar-refractivity contribution in [3.05, 3.63) is 73.3 Å². The predicted octanol–water partition coefficient (Wildman–Crippen LogP) is 5.13. The Morgan fingerprint density at radius 3 is 1.35 bits per heavy atom. The highest BCUT2D eigenvalue weighted by Gasteiger charge is 1.72. The summed E-state index contributed by atoms with van der Waals surface area (Å²) >= 11 is 0. The molecule has 92 valence electrons. The van der Waals surface area contributed by atoms with Crippen LogP contribution in [0.2, 0.25) is 0 Å². The third-order valence-electron chi connectivity index (χ3n) is 1.10. The predicted molar refractivity (Wildman–Crippen MR) is 84.3 cm³/mol. The second-order valence-corrected chi connectivity index (χ2v) is 3.20. The first-order valence-electron chi connectivity index (χ1n) is 5.62. The minimum absolute atomic E-state index is 0.555. The zero-order valence-corrected chi connectivity index (χ0v) is 11.8. The maximum atomic E-state index is 5.15. The molecule has 0 fully saturated rings. The van der Waals surface area contributed by atoms with Crippen molar-refractivity contribution in [1.82, 2.24) is 0 Å². The molecule has 0 aliphatic carbocycles. The van der Waals surface area contributed by atoms with E-state index in [-0.39, 0.29) is 0 Å². The van der Waals surface area contributed by atoms with Crippen LogP contribution in [0.3, 0.4) is 0 Å². The van der Waals surface area contributed by atoms with Gasteiger partial charge in [-0.1, -0.05) is 75.1 Å². The summed E-state index contributed by atoms with van der Waals surface area (Å²) in [5.74, 6) is 0. The van der Waals surface area contributed by atoms with Gasteiger partial charge in [-0.3, -0.25) is 0 Å². The maximum absolute atomic E-state index is 5.15. The fourth-order valence-electron chi connectivity index (χ4n) is 0.476. The molecule has 0 heterocycles. The van der Waals surface area contributed by atoms with E-state index in [0.717, 1.165) is 11.1 Å². The molecule has 17 heavy (non-hydrogen) atoms. The summed E-state index contributed by atoms with van der Waals surface area (Å²) in [5, 5.41) is 0. The molecule has 0 aliphatic heterocycles. The molecular formula is C16H25B. The number of hydrogen-bond acceptors (Lipinski definition) is 0. The lowest BCUT2D eigenvalue weighted by Crippen LogP contribution is -1.64. The standard InChI is InChI=1S/C8H12.C6H7B.C2H6/c1-7(2)5-6-8(3)4;1-3-4-5-6(2)7;1-2/h5-6H,1,3H2,2,4H3;3-5H,1-2H2;1-2H3/b6-5-;5-4-;. The molecule has 0 nitrogen and oxygen atoms in total. The van der Waals surface area contributed by atoms with E-state index in [0.29, 0.717) is 5.47 Å². The minimum Gasteiger partial charge on any atom is -0.106 e. The van der Waals surface area contributed by atoms with Crippen LogP contribution in [0.4, 0.5) is 0 Å². The van der Waals surface area contributed by atoms with Gasteiger partial charge in [0.15, 0.2) is 0 Å². The van der Waals surface area contributed by atoms with Gasteiger partial charge in [0.2, 0.25) is 0 Å². The van der Waals surface area contributed by atoms with Crippen molar-refractivity contribution < 1.29 is 0 Å². The van der Waals surface area contributed by atoms with Crippen LogP contribution in [0.15, 0.2) is 73.3 Å². The first-order chi connectivity index (χ1) is 7.90. The summed E-state index contributed by atoms with van der Waals surface area (Å²) in [6, 6.07) is 0. The van der Waals surface area contributed by atoms with E-state index in [9.17, 15) is 0 Å². The summed E-state index contributed by atoms with van der Waals surface area (Å²) in [4.78, 5) is 0. The van der Waals surface area contributed by atoms with E-state index >= 15 is 0 Å². The smallest absolute Gasteiger partial charge is 0.106 e. The molecule has 0 N–H and O–H groups in total. The van der Waals surface area contributed by atoms with Gasteiger partial charge in [-0.25, -0.2) is 0 Å². The summed E-state index contributed by atoms with van der Waals surface area (Å²) < 4.78 is 0. The van der Waals surface area contributed by atoms with E-state index < -0.39 is 0 Å². The molecule has 2 radical (unpaired) electrons. The van der Waals surface area contributed by atoms with E-state index in [1.54, 1.807) is 18.2 Å². The van der Waals surface area contributed by atoms with E-state index in [1.165, 1.54) is 0 Å². The van der Waals surface area contributed by atoms with Crippen molar-refractivity contribution in [3.63, 3.8) is 0 Å². The van der Waals surface area contributed by atoms with Crippen molar-refractivity contribution >= 4 is 7.85 Å². The highest BCUT2D eigenvalue weighted by molar-refractivity contribution is 6.23. The van der Waals surface area contributed by atoms with Gasteiger partial charge in [-0.05, 0) is 13.8 Å². The van der Waals surface area contributed by atoms with Crippen LogP contribution in [0.1, 0.15) is 27.7 Å². The topological polar surface area (TPSA) is 0 Å². The highest BCUT2D eigenvalue weighted by atomic mass is 13.8. The van der Waals surface area contributed by atoms with Crippen molar-refractivity contribution in [1.29, 1.82) is 0 Å². The molecule has 0 aromatic heterocycles. The minimum atomic E-state index is 0.555. The zero-order chi connectivity index (χ0) is 14.3. The van der Waals surface area contributed by atoms with Crippen LogP contribution in [-0.4, -0.2) is 7.85 Å². The van der Waals surface area contributed by atoms with Gasteiger partial charge in [0, 0.05) is 0 Å². The molecule has 0 saturated carbocycles. The lowest BCUT2D eigenvalue weighted by Gasteiger charge is -1.84. The van der Waals surface area contributed by atoms with Crippen LogP contribution in [-0.2, 0) is 0 Å². The fourth-order valence-corrected chi connectivity index (χ4v) is 0.476. The summed E-state index contributed by atoms with van der Waals surface area (Å²) in [6.45, 7) is 22.2. The summed E-state index contributed by atoms with van der Waals surface area (Å²) in [7, 11) is 5.15. The first-order valence-corrected chi connectivity index (χ1v) is 5.62. The van der Waals surface area contributed by atoms with Crippen LogP contribution in [0, 0.1) is 0 Å². The maximum Gasteiger partial charge on any atom is 0.112 e. The van der Waals surface area contributed by atoms with Gasteiger partial charge in [-0.15, -0.1) is 12.1 Å². The SMILES string of the molecule is C=C(C)/C=C\C(=C)C.CC.[B]C(=C)/C=C\C=C. The molecule has 0 amide bonds. The second kappa shape index (κ2) is 16.9. The first kappa shape index (κ1) is 20.9. The molecular weight excluding hydrogens is 203 g/mol. The Labute approximate surface area is 109 Å². The van der Waals surface area contributed by atoms with E-state index in [2.05, 4.69) is 26.3 Å². The van der Waals surface area contributed by atoms with Crippen LogP contribution < -0.4 is 0 Å². The molecule has 0 bridgehead atoms. The Bertz CT molecular complexity index is 275. The monoisotopic (exact) mass is 228 g/mol. The third-order valence-corrected chi connectivity index (χ3v) is 1.10. The number of hydrogen-bond donors (Lipinski definition) is 0. The van der Waals surface area contributed by atoms with Crippen molar-refractivity contribution in [3.8, 4) is 0 Å². The number of rotatable bonds is 4. The second-order valence-electron chi connectivity index (χ2n) is 3.20. The molecule has 0 aromatic carbocycles. The van der Waals surface area contributed by atoms with E-state index in [1.807, 2.05) is 39.8 Å². The lowest BCUT2D eigenvalue weighted by molar-refractivity contribution is 1.50. The van der Waals surface area contributed by atoms with Gasteiger partial charge in [0.05, 0.1) is 0 Å². The highest BCUT2D eigenvalue weighted by Crippen LogP contribution is 1.94. The van der Waals surface area contributed by atoms with Gasteiger partial charge in [0.1, 0.15) is 7.85 Å². The van der Waals surface area contributed by atoms with Crippen molar-refractivity contribution in [2.24, 2.45) is 0 Å². The molecule has 0 unspecified atom stereocenters. The Kier molecular flexibility index (Phi) is 20.8. The van der Waals surface area contributed by atoms with Crippen molar-refractivity contribution in [2.45, 2.75) is 27.7 Å². The normalized spacial score (nSPS) is 8.71. The van der Waals surface area contributed by atoms with Gasteiger partial charge >= 0.3 is 0 Å². The molecule has 0 aliphatic rings. The third kappa shape index (κ3) is 40.3. The van der Waals surface area contributed by atoms with Gasteiger partial charge in [0.25, 0.3) is 0 Å². The molecule has 0 saturated heterocycles. The molecule has 1 heteroatoms. The molecule has 0 aromatic rings. The van der Waals surface area contributed by atoms with Crippen molar-refractivity contribution in [2.75, 3.05) is 0 Å². The Hall–Kier alpha value is -1.50. The molecule has 0 atom stereocenters. The number of allylic oxidation sites excluding steroid dienone is 8. The Balaban J connectivity index is -0.000000202. The van der Waals surface area contributed by atoms with Crippen LogP contribution in [0.25, 0.3) is 0 Å². The Morgan fingerprint density at radius 2 is 1.24 bits per heavy atom. The average Bonchev–Trinajstić information content (AvgIpc) is 2.27. The average molecular weight is 228 g/mol.